The Morgan fingerprint density at radius 2 is 1.52 bits per heavy atom. The van der Waals surface area contributed by atoms with Crippen LogP contribution in [0.4, 0.5) is 9.59 Å². The topological polar surface area (TPSA) is 164 Å². The van der Waals surface area contributed by atoms with Gasteiger partial charge >= 0.3 is 12.2 Å². The van der Waals surface area contributed by atoms with Crippen molar-refractivity contribution in [2.45, 2.75) is 59.2 Å². The lowest BCUT2D eigenvalue weighted by Gasteiger charge is -2.19. The van der Waals surface area contributed by atoms with Crippen LogP contribution in [0, 0.1) is 5.41 Å². The summed E-state index contributed by atoms with van der Waals surface area (Å²) in [7, 11) is 0. The van der Waals surface area contributed by atoms with Crippen molar-refractivity contribution in [2.24, 2.45) is 4.99 Å². The van der Waals surface area contributed by atoms with Gasteiger partial charge in [0.1, 0.15) is 11.2 Å². The van der Waals surface area contributed by atoms with E-state index in [1.54, 1.807) is 41.5 Å². The van der Waals surface area contributed by atoms with Gasteiger partial charge in [0.25, 0.3) is 0 Å². The number of nitrogens with zero attached hydrogens (tertiary/aromatic N) is 5. The first-order chi connectivity index (χ1) is 14.4. The van der Waals surface area contributed by atoms with Crippen molar-refractivity contribution >= 4 is 24.6 Å². The molecular formula is C19H30N8O4. The second kappa shape index (κ2) is 11.7. The van der Waals surface area contributed by atoms with E-state index in [-0.39, 0.29) is 18.9 Å². The highest BCUT2D eigenvalue weighted by molar-refractivity contribution is 5.77. The van der Waals surface area contributed by atoms with Gasteiger partial charge in [-0.25, -0.2) is 9.59 Å². The Bertz CT molecular complexity index is 808. The number of rotatable bonds is 8. The number of aromatic nitrogens is 4. The van der Waals surface area contributed by atoms with E-state index >= 15 is 0 Å². The summed E-state index contributed by atoms with van der Waals surface area (Å²) in [5, 5.41) is 28.0. The molecule has 0 aliphatic rings. The zero-order chi connectivity index (χ0) is 23.5. The van der Waals surface area contributed by atoms with Crippen LogP contribution in [-0.2, 0) is 15.9 Å². The van der Waals surface area contributed by atoms with Gasteiger partial charge < -0.3 is 25.5 Å². The number of ether oxygens (including phenoxy) is 2. The molecule has 0 radical (unpaired) electrons. The fourth-order valence-electron chi connectivity index (χ4n) is 1.86. The predicted octanol–water partition coefficient (Wildman–Crippen LogP) is 1.81. The molecule has 0 unspecified atom stereocenters. The van der Waals surface area contributed by atoms with Crippen LogP contribution in [0.1, 0.15) is 53.2 Å². The van der Waals surface area contributed by atoms with Crippen LogP contribution in [0.2, 0.25) is 0 Å². The zero-order valence-electron chi connectivity index (χ0n) is 18.7. The average Bonchev–Trinajstić information content (AvgIpc) is 2.62. The monoisotopic (exact) mass is 434 g/mol. The summed E-state index contributed by atoms with van der Waals surface area (Å²) in [5.74, 6) is 0.493. The lowest BCUT2D eigenvalue weighted by atomic mass is 10.2. The minimum absolute atomic E-state index is 0.0517. The van der Waals surface area contributed by atoms with E-state index in [2.05, 4.69) is 36.0 Å². The Morgan fingerprint density at radius 3 is 2.03 bits per heavy atom. The van der Waals surface area contributed by atoms with Gasteiger partial charge in [-0.3, -0.25) is 4.99 Å². The molecule has 12 heteroatoms. The minimum Gasteiger partial charge on any atom is -0.444 e. The Labute approximate surface area is 181 Å². The second-order valence-corrected chi connectivity index (χ2v) is 8.29. The summed E-state index contributed by atoms with van der Waals surface area (Å²) in [6, 6.07) is 0. The smallest absolute Gasteiger partial charge is 0.407 e. The Balaban J connectivity index is 2.55. The van der Waals surface area contributed by atoms with Crippen molar-refractivity contribution in [3.05, 3.63) is 23.4 Å². The Kier molecular flexibility index (Phi) is 9.64. The van der Waals surface area contributed by atoms with Crippen molar-refractivity contribution in [1.29, 1.82) is 5.41 Å². The first-order valence-electron chi connectivity index (χ1n) is 9.61. The molecule has 0 aliphatic heterocycles. The first kappa shape index (κ1) is 25.6. The number of amides is 2. The highest BCUT2D eigenvalue weighted by Gasteiger charge is 2.16. The number of carbonyl (C=O) groups excluding carboxylic acids is 2. The molecule has 1 aromatic rings. The standard InChI is InChI=1S/C19H30N8O4/c1-18(2,3)30-16(28)21-10-8-14-24-26-15(27-25-14)12-22-13(7-9-20)11-23-17(29)31-19(4,5)6/h7,9,12,20H,8,10-11H2,1-6H3,(H,21,28)(H,23,29)/b13-7-,20-9?,22-12?. The maximum atomic E-state index is 11.7. The summed E-state index contributed by atoms with van der Waals surface area (Å²) in [6.45, 7) is 10.9. The molecule has 0 aromatic carbocycles. The van der Waals surface area contributed by atoms with E-state index in [1.807, 2.05) is 0 Å². The lowest BCUT2D eigenvalue weighted by molar-refractivity contribution is 0.0518. The highest BCUT2D eigenvalue weighted by atomic mass is 16.6. The molecule has 1 aromatic heterocycles. The largest absolute Gasteiger partial charge is 0.444 e. The third-order valence-electron chi connectivity index (χ3n) is 2.99. The summed E-state index contributed by atoms with van der Waals surface area (Å²) >= 11 is 0. The fourth-order valence-corrected chi connectivity index (χ4v) is 1.86. The maximum absolute atomic E-state index is 11.7. The third-order valence-corrected chi connectivity index (χ3v) is 2.99. The molecule has 12 nitrogen and oxygen atoms in total. The van der Waals surface area contributed by atoms with Crippen LogP contribution in [0.25, 0.3) is 0 Å². The molecule has 2 amide bonds. The van der Waals surface area contributed by atoms with Crippen molar-refractivity contribution in [1.82, 2.24) is 31.0 Å². The van der Waals surface area contributed by atoms with E-state index in [0.29, 0.717) is 17.9 Å². The fraction of sp³-hybridized carbons (Fsp3) is 0.579. The van der Waals surface area contributed by atoms with E-state index < -0.39 is 23.4 Å². The molecule has 1 heterocycles. The number of nitrogens with one attached hydrogen (secondary N) is 3. The van der Waals surface area contributed by atoms with Crippen LogP contribution < -0.4 is 10.6 Å². The summed E-state index contributed by atoms with van der Waals surface area (Å²) in [6.07, 6.45) is 2.97. The molecule has 0 saturated heterocycles. The van der Waals surface area contributed by atoms with E-state index in [9.17, 15) is 9.59 Å². The molecule has 0 aliphatic carbocycles. The number of carbonyl (C=O) groups is 2. The van der Waals surface area contributed by atoms with Gasteiger partial charge in [-0.2, -0.15) is 0 Å². The van der Waals surface area contributed by atoms with Crippen LogP contribution in [0.3, 0.4) is 0 Å². The molecule has 0 atom stereocenters. The third kappa shape index (κ3) is 12.7. The first-order valence-corrected chi connectivity index (χ1v) is 9.61. The second-order valence-electron chi connectivity index (χ2n) is 8.29. The molecule has 0 bridgehead atoms. The molecule has 3 N–H and O–H groups in total. The Morgan fingerprint density at radius 1 is 0.968 bits per heavy atom. The summed E-state index contributed by atoms with van der Waals surface area (Å²) in [5.41, 5.74) is -0.804. The van der Waals surface area contributed by atoms with Gasteiger partial charge in [0.2, 0.25) is 5.82 Å². The van der Waals surface area contributed by atoms with Gasteiger partial charge in [0.15, 0.2) is 5.82 Å². The number of aliphatic imine (C=N–C) groups is 1. The van der Waals surface area contributed by atoms with Crippen molar-refractivity contribution in [3.63, 3.8) is 0 Å². The SMILES string of the molecule is CC(C)(C)OC(=O)NCCc1nnc(C=N/C(=C\C=N)CNC(=O)OC(C)(C)C)nn1. The van der Waals surface area contributed by atoms with Crippen LogP contribution in [0.5, 0.6) is 0 Å². The molecule has 170 valence electrons. The molecule has 0 spiro atoms. The van der Waals surface area contributed by atoms with Crippen molar-refractivity contribution < 1.29 is 19.1 Å². The molecule has 1 rings (SSSR count). The van der Waals surface area contributed by atoms with Gasteiger partial charge in [-0.1, -0.05) is 0 Å². The van der Waals surface area contributed by atoms with Gasteiger partial charge in [0.05, 0.1) is 18.5 Å². The van der Waals surface area contributed by atoms with E-state index in [0.717, 1.165) is 6.21 Å². The zero-order valence-corrected chi connectivity index (χ0v) is 18.7. The van der Waals surface area contributed by atoms with Gasteiger partial charge in [0, 0.05) is 19.2 Å². The van der Waals surface area contributed by atoms with E-state index in [4.69, 9.17) is 14.9 Å². The van der Waals surface area contributed by atoms with Crippen LogP contribution >= 0.6 is 0 Å². The minimum atomic E-state index is -0.617. The molecule has 0 saturated carbocycles. The normalized spacial score (nSPS) is 12.4. The molecule has 31 heavy (non-hydrogen) atoms. The molecule has 0 fully saturated rings. The predicted molar refractivity (Wildman–Crippen MR) is 114 cm³/mol. The average molecular weight is 435 g/mol. The Hall–Kier alpha value is -3.44. The quantitative estimate of drug-likeness (QED) is 0.521. The van der Waals surface area contributed by atoms with Crippen LogP contribution in [-0.4, -0.2) is 69.3 Å². The molecular weight excluding hydrogens is 404 g/mol. The van der Waals surface area contributed by atoms with Crippen molar-refractivity contribution in [2.75, 3.05) is 13.1 Å². The maximum Gasteiger partial charge on any atom is 0.407 e. The number of allylic oxidation sites excluding steroid dienone is 1. The number of alkyl carbamates (subject to hydrolysis) is 2. The highest BCUT2D eigenvalue weighted by Crippen LogP contribution is 2.07. The number of hydrogen-bond acceptors (Lipinski definition) is 10. The van der Waals surface area contributed by atoms with E-state index in [1.165, 1.54) is 12.3 Å². The van der Waals surface area contributed by atoms with Crippen LogP contribution in [0.15, 0.2) is 16.8 Å². The van der Waals surface area contributed by atoms with Gasteiger partial charge in [-0.05, 0) is 47.6 Å². The number of hydrogen-bond donors (Lipinski definition) is 3. The van der Waals surface area contributed by atoms with Crippen molar-refractivity contribution in [3.8, 4) is 0 Å². The lowest BCUT2D eigenvalue weighted by Crippen LogP contribution is -2.33. The van der Waals surface area contributed by atoms with Gasteiger partial charge in [-0.15, -0.1) is 20.4 Å². The summed E-state index contributed by atoms with van der Waals surface area (Å²) < 4.78 is 10.3. The summed E-state index contributed by atoms with van der Waals surface area (Å²) in [4.78, 5) is 27.5.